The van der Waals surface area contributed by atoms with Crippen LogP contribution in [-0.2, 0) is 4.79 Å². The molecule has 4 fully saturated rings. The zero-order chi connectivity index (χ0) is 15.3. The molecule has 0 amide bonds. The first kappa shape index (κ1) is 15.7. The lowest BCUT2D eigenvalue weighted by atomic mass is 9.49. The summed E-state index contributed by atoms with van der Waals surface area (Å²) in [4.78, 5) is 11.1. The minimum atomic E-state index is -0.887. The minimum Gasteiger partial charge on any atom is -0.480 e. The summed E-state index contributed by atoms with van der Waals surface area (Å²) in [7, 11) is 0. The van der Waals surface area contributed by atoms with E-state index in [1.165, 1.54) is 44.9 Å². The molecular formula is C17H29NO2S. The van der Waals surface area contributed by atoms with Crippen LogP contribution in [0.25, 0.3) is 0 Å². The lowest BCUT2D eigenvalue weighted by Gasteiger charge is -2.57. The fourth-order valence-corrected chi connectivity index (χ4v) is 6.86. The summed E-state index contributed by atoms with van der Waals surface area (Å²) in [6, 6.07) is -0.779. The first-order chi connectivity index (χ1) is 9.80. The molecule has 3 nitrogen and oxygen atoms in total. The first-order valence-electron chi connectivity index (χ1n) is 8.42. The van der Waals surface area contributed by atoms with Crippen LogP contribution in [0.2, 0.25) is 0 Å². The molecule has 0 saturated heterocycles. The van der Waals surface area contributed by atoms with E-state index >= 15 is 0 Å². The first-order valence-corrected chi connectivity index (χ1v) is 9.41. The molecule has 0 unspecified atom stereocenters. The van der Waals surface area contributed by atoms with Gasteiger partial charge >= 0.3 is 5.97 Å². The van der Waals surface area contributed by atoms with Gasteiger partial charge in [-0.05, 0) is 87.7 Å². The molecule has 0 spiro atoms. The number of nitrogens with two attached hydrogens (primary N) is 1. The van der Waals surface area contributed by atoms with Crippen molar-refractivity contribution in [2.75, 3.05) is 5.75 Å². The third-order valence-electron chi connectivity index (χ3n) is 6.29. The van der Waals surface area contributed by atoms with E-state index in [0.717, 1.165) is 23.5 Å². The number of carboxylic acids is 1. The van der Waals surface area contributed by atoms with Crippen LogP contribution in [0.5, 0.6) is 0 Å². The lowest BCUT2D eigenvalue weighted by Crippen LogP contribution is -2.48. The maximum atomic E-state index is 11.1. The predicted molar refractivity (Wildman–Crippen MR) is 87.4 cm³/mol. The van der Waals surface area contributed by atoms with E-state index in [-0.39, 0.29) is 4.75 Å². The molecule has 1 atom stereocenters. The van der Waals surface area contributed by atoms with Gasteiger partial charge in [-0.25, -0.2) is 0 Å². The van der Waals surface area contributed by atoms with Gasteiger partial charge in [0.15, 0.2) is 0 Å². The van der Waals surface area contributed by atoms with E-state index < -0.39 is 12.0 Å². The van der Waals surface area contributed by atoms with Crippen molar-refractivity contribution in [3.8, 4) is 0 Å². The second-order valence-electron chi connectivity index (χ2n) is 8.44. The zero-order valence-corrected chi connectivity index (χ0v) is 14.1. The second kappa shape index (κ2) is 5.45. The van der Waals surface area contributed by atoms with Crippen LogP contribution in [-0.4, -0.2) is 27.6 Å². The molecule has 0 aromatic rings. The number of rotatable bonds is 6. The summed E-state index contributed by atoms with van der Waals surface area (Å²) in [5.74, 6) is 3.16. The van der Waals surface area contributed by atoms with Gasteiger partial charge in [-0.3, -0.25) is 4.79 Å². The molecule has 0 aliphatic heterocycles. The highest BCUT2D eigenvalue weighted by Gasteiger charge is 2.50. The number of hydrogen-bond donors (Lipinski definition) is 2. The van der Waals surface area contributed by atoms with E-state index in [2.05, 4.69) is 0 Å². The normalized spacial score (nSPS) is 39.5. The van der Waals surface area contributed by atoms with Crippen LogP contribution >= 0.6 is 11.8 Å². The van der Waals surface area contributed by atoms with Crippen LogP contribution in [0.4, 0.5) is 0 Å². The molecule has 4 heteroatoms. The number of aliphatic carboxylic acids is 1. The Morgan fingerprint density at radius 2 is 1.71 bits per heavy atom. The highest BCUT2D eigenvalue weighted by Crippen LogP contribution is 2.61. The monoisotopic (exact) mass is 311 g/mol. The average Bonchev–Trinajstić information content (AvgIpc) is 2.35. The maximum Gasteiger partial charge on any atom is 0.321 e. The van der Waals surface area contributed by atoms with Crippen LogP contribution in [0.15, 0.2) is 0 Å². The molecule has 4 bridgehead atoms. The molecule has 0 radical (unpaired) electrons. The van der Waals surface area contributed by atoms with Crippen molar-refractivity contribution in [1.82, 2.24) is 0 Å². The molecule has 4 aliphatic carbocycles. The Morgan fingerprint density at radius 3 is 2.14 bits per heavy atom. The van der Waals surface area contributed by atoms with Gasteiger partial charge in [0.25, 0.3) is 0 Å². The van der Waals surface area contributed by atoms with Crippen LogP contribution in [0.1, 0.15) is 58.8 Å². The summed E-state index contributed by atoms with van der Waals surface area (Å²) >= 11 is 1.76. The Bertz CT molecular complexity index is 386. The maximum absolute atomic E-state index is 11.1. The molecule has 3 N–H and O–H groups in total. The molecule has 120 valence electrons. The van der Waals surface area contributed by atoms with Crippen molar-refractivity contribution < 1.29 is 9.90 Å². The van der Waals surface area contributed by atoms with Gasteiger partial charge < -0.3 is 10.8 Å². The van der Waals surface area contributed by atoms with Crippen molar-refractivity contribution in [2.45, 2.75) is 69.6 Å². The van der Waals surface area contributed by atoms with Crippen molar-refractivity contribution in [1.29, 1.82) is 0 Å². The quantitative estimate of drug-likeness (QED) is 0.788. The Morgan fingerprint density at radius 1 is 1.24 bits per heavy atom. The average molecular weight is 311 g/mol. The summed E-state index contributed by atoms with van der Waals surface area (Å²) in [5.41, 5.74) is 6.41. The molecule has 0 aromatic carbocycles. The number of hydrogen-bond acceptors (Lipinski definition) is 3. The fraction of sp³-hybridized carbons (Fsp3) is 0.941. The molecule has 0 heterocycles. The third kappa shape index (κ3) is 3.12. The van der Waals surface area contributed by atoms with Gasteiger partial charge in [0.2, 0.25) is 0 Å². The molecule has 4 aliphatic rings. The topological polar surface area (TPSA) is 63.3 Å². The van der Waals surface area contributed by atoms with Crippen molar-refractivity contribution in [3.05, 3.63) is 0 Å². The number of thioether (sulfide) groups is 1. The van der Waals surface area contributed by atoms with Gasteiger partial charge in [-0.15, -0.1) is 0 Å². The summed E-state index contributed by atoms with van der Waals surface area (Å²) < 4.78 is -0.381. The molecule has 0 aromatic heterocycles. The molecule has 21 heavy (non-hydrogen) atoms. The minimum absolute atomic E-state index is 0.381. The van der Waals surface area contributed by atoms with E-state index in [1.54, 1.807) is 11.8 Å². The smallest absolute Gasteiger partial charge is 0.321 e. The lowest BCUT2D eigenvalue weighted by molar-refractivity contribution is -0.139. The van der Waals surface area contributed by atoms with Gasteiger partial charge in [-0.2, -0.15) is 11.8 Å². The van der Waals surface area contributed by atoms with Gasteiger partial charge in [0, 0.05) is 4.75 Å². The Labute approximate surface area is 132 Å². The Balaban J connectivity index is 1.55. The fourth-order valence-electron chi connectivity index (χ4n) is 5.51. The van der Waals surface area contributed by atoms with Gasteiger partial charge in [0.05, 0.1) is 0 Å². The standard InChI is InChI=1S/C17H29NO2S/c1-16(2,14(18)15(19)20)21-4-3-17-8-11-5-12(9-17)7-13(6-11)10-17/h11-14H,3-10,18H2,1-2H3,(H,19,20)/t11?,12?,13?,14-,17?/m0/s1. The van der Waals surface area contributed by atoms with Gasteiger partial charge in [-0.1, -0.05) is 0 Å². The van der Waals surface area contributed by atoms with E-state index in [0.29, 0.717) is 5.41 Å². The Hall–Kier alpha value is -0.220. The number of carboxylic acid groups (broad SMARTS) is 1. The van der Waals surface area contributed by atoms with Crippen LogP contribution < -0.4 is 5.73 Å². The molecule has 4 saturated carbocycles. The SMILES string of the molecule is CC(C)(SCCC12CC3CC(CC(C3)C1)C2)[C@@H](N)C(=O)O. The van der Waals surface area contributed by atoms with E-state index in [9.17, 15) is 4.79 Å². The second-order valence-corrected chi connectivity index (χ2v) is 10.2. The number of carbonyl (C=O) groups is 1. The summed E-state index contributed by atoms with van der Waals surface area (Å²) in [5, 5.41) is 9.11. The largest absolute Gasteiger partial charge is 0.480 e. The highest BCUT2D eigenvalue weighted by molar-refractivity contribution is 8.00. The Kier molecular flexibility index (Phi) is 4.07. The van der Waals surface area contributed by atoms with Crippen LogP contribution in [0.3, 0.4) is 0 Å². The van der Waals surface area contributed by atoms with Crippen molar-refractivity contribution in [3.63, 3.8) is 0 Å². The summed E-state index contributed by atoms with van der Waals surface area (Å²) in [6.07, 6.45) is 10.0. The van der Waals surface area contributed by atoms with Crippen LogP contribution in [0, 0.1) is 23.2 Å². The highest BCUT2D eigenvalue weighted by atomic mass is 32.2. The van der Waals surface area contributed by atoms with Crippen molar-refractivity contribution in [2.24, 2.45) is 28.9 Å². The molecular weight excluding hydrogens is 282 g/mol. The van der Waals surface area contributed by atoms with Gasteiger partial charge in [0.1, 0.15) is 6.04 Å². The van der Waals surface area contributed by atoms with E-state index in [1.807, 2.05) is 13.8 Å². The molecule has 4 rings (SSSR count). The zero-order valence-electron chi connectivity index (χ0n) is 13.3. The van der Waals surface area contributed by atoms with Crippen molar-refractivity contribution >= 4 is 17.7 Å². The predicted octanol–water partition coefficient (Wildman–Crippen LogP) is 3.52. The van der Waals surface area contributed by atoms with E-state index in [4.69, 9.17) is 10.8 Å². The third-order valence-corrected chi connectivity index (χ3v) is 7.69. The summed E-state index contributed by atoms with van der Waals surface area (Å²) in [6.45, 7) is 3.94.